The molecule has 18 heavy (non-hydrogen) atoms. The minimum Gasteiger partial charge on any atom is -0.313 e. The Labute approximate surface area is 126 Å². The molecule has 1 fully saturated rings. The van der Waals surface area contributed by atoms with E-state index in [1.54, 1.807) is 12.1 Å². The second kappa shape index (κ2) is 5.94. The summed E-state index contributed by atoms with van der Waals surface area (Å²) in [4.78, 5) is 0. The van der Waals surface area contributed by atoms with Crippen molar-refractivity contribution in [1.82, 2.24) is 5.32 Å². The van der Waals surface area contributed by atoms with Crippen LogP contribution >= 0.6 is 34.2 Å². The van der Waals surface area contributed by atoms with E-state index in [-0.39, 0.29) is 5.75 Å². The fraction of sp³-hybridized carbons (Fsp3) is 0.455. The summed E-state index contributed by atoms with van der Waals surface area (Å²) >= 11 is 8.06. The summed E-state index contributed by atoms with van der Waals surface area (Å²) in [5.74, 6) is 0.0608. The van der Waals surface area contributed by atoms with Crippen molar-refractivity contribution < 1.29 is 8.42 Å². The van der Waals surface area contributed by atoms with Gasteiger partial charge < -0.3 is 5.32 Å². The molecule has 1 aliphatic rings. The van der Waals surface area contributed by atoms with E-state index in [9.17, 15) is 8.42 Å². The summed E-state index contributed by atoms with van der Waals surface area (Å²) in [7, 11) is -3.34. The zero-order valence-corrected chi connectivity index (χ0v) is 13.3. The summed E-state index contributed by atoms with van der Waals surface area (Å²) in [5.41, 5.74) is 0.440. The highest BCUT2D eigenvalue weighted by Crippen LogP contribution is 2.25. The molecule has 0 spiro atoms. The van der Waals surface area contributed by atoms with Gasteiger partial charge in [-0.3, -0.25) is 4.72 Å². The minimum atomic E-state index is -3.34. The molecule has 2 N–H and O–H groups in total. The molecule has 2 rings (SSSR count). The van der Waals surface area contributed by atoms with E-state index in [1.807, 2.05) is 6.07 Å². The van der Waals surface area contributed by atoms with Crippen LogP contribution in [0.2, 0.25) is 5.02 Å². The third-order valence-corrected chi connectivity index (χ3v) is 4.85. The zero-order chi connectivity index (χ0) is 13.2. The number of anilines is 1. The lowest BCUT2D eigenvalue weighted by Gasteiger charge is -2.10. The van der Waals surface area contributed by atoms with Crippen LogP contribution in [0.25, 0.3) is 0 Å². The summed E-state index contributed by atoms with van der Waals surface area (Å²) in [6.07, 6.45) is 2.30. The molecular weight excluding hydrogens is 387 g/mol. The van der Waals surface area contributed by atoms with Gasteiger partial charge in [0.05, 0.1) is 16.5 Å². The Morgan fingerprint density at radius 3 is 2.78 bits per heavy atom. The molecule has 4 nitrogen and oxygen atoms in total. The first kappa shape index (κ1) is 14.4. The molecule has 100 valence electrons. The number of nitrogens with one attached hydrogen (secondary N) is 2. The molecule has 1 aliphatic carbocycles. The van der Waals surface area contributed by atoms with Crippen molar-refractivity contribution in [3.05, 3.63) is 26.8 Å². The lowest BCUT2D eigenvalue weighted by molar-refractivity contribution is 0.595. The first-order chi connectivity index (χ1) is 8.46. The standard InChI is InChI=1S/C11H14ClIN2O2S/c12-10-4-1-8(13)7-11(10)15-18(16,17)6-5-14-9-2-3-9/h1,4,7,9,14-15H,2-3,5-6H2. The maximum absolute atomic E-state index is 11.9. The van der Waals surface area contributed by atoms with E-state index in [1.165, 1.54) is 0 Å². The highest BCUT2D eigenvalue weighted by atomic mass is 127. The van der Waals surface area contributed by atoms with Gasteiger partial charge in [-0.1, -0.05) is 11.6 Å². The van der Waals surface area contributed by atoms with Gasteiger partial charge in [0.2, 0.25) is 10.0 Å². The van der Waals surface area contributed by atoms with Gasteiger partial charge in [-0.25, -0.2) is 8.42 Å². The van der Waals surface area contributed by atoms with E-state index in [0.29, 0.717) is 23.3 Å². The molecule has 0 atom stereocenters. The number of rotatable bonds is 6. The second-order valence-electron chi connectivity index (χ2n) is 4.27. The molecule has 0 amide bonds. The van der Waals surface area contributed by atoms with Crippen molar-refractivity contribution in [2.75, 3.05) is 17.0 Å². The Balaban J connectivity index is 1.95. The molecule has 0 aliphatic heterocycles. The van der Waals surface area contributed by atoms with Gasteiger partial charge >= 0.3 is 0 Å². The maximum atomic E-state index is 11.9. The van der Waals surface area contributed by atoms with Crippen molar-refractivity contribution in [2.45, 2.75) is 18.9 Å². The first-order valence-electron chi connectivity index (χ1n) is 5.65. The molecule has 0 heterocycles. The van der Waals surface area contributed by atoms with E-state index >= 15 is 0 Å². The zero-order valence-electron chi connectivity index (χ0n) is 9.62. The monoisotopic (exact) mass is 400 g/mol. The SMILES string of the molecule is O=S(=O)(CCNC1CC1)Nc1cc(I)ccc1Cl. The second-order valence-corrected chi connectivity index (χ2v) is 7.77. The number of sulfonamides is 1. The van der Waals surface area contributed by atoms with Crippen LogP contribution in [0.15, 0.2) is 18.2 Å². The molecule has 1 aromatic rings. The van der Waals surface area contributed by atoms with Gasteiger partial charge in [-0.05, 0) is 53.6 Å². The molecule has 1 aromatic carbocycles. The Morgan fingerprint density at radius 1 is 1.39 bits per heavy atom. The van der Waals surface area contributed by atoms with Crippen LogP contribution in [0.5, 0.6) is 0 Å². The molecule has 0 unspecified atom stereocenters. The van der Waals surface area contributed by atoms with Crippen LogP contribution in [-0.2, 0) is 10.0 Å². The largest absolute Gasteiger partial charge is 0.313 e. The molecular formula is C11H14ClIN2O2S. The third kappa shape index (κ3) is 4.56. The van der Waals surface area contributed by atoms with Crippen molar-refractivity contribution in [3.63, 3.8) is 0 Å². The predicted octanol–water partition coefficient (Wildman–Crippen LogP) is 2.44. The van der Waals surface area contributed by atoms with Crippen LogP contribution in [0.1, 0.15) is 12.8 Å². The van der Waals surface area contributed by atoms with E-state index in [4.69, 9.17) is 11.6 Å². The Hall–Kier alpha value is -0.0500. The summed E-state index contributed by atoms with van der Waals surface area (Å²) in [5, 5.41) is 3.58. The topological polar surface area (TPSA) is 58.2 Å². The van der Waals surface area contributed by atoms with Gasteiger partial charge in [-0.2, -0.15) is 0 Å². The Kier molecular flexibility index (Phi) is 4.74. The predicted molar refractivity (Wildman–Crippen MR) is 82.6 cm³/mol. The van der Waals surface area contributed by atoms with Gasteiger partial charge in [0, 0.05) is 16.2 Å². The number of benzene rings is 1. The molecule has 1 saturated carbocycles. The summed E-state index contributed by atoms with van der Waals surface area (Å²) in [6.45, 7) is 0.474. The van der Waals surface area contributed by atoms with Crippen molar-refractivity contribution in [3.8, 4) is 0 Å². The first-order valence-corrected chi connectivity index (χ1v) is 8.76. The van der Waals surface area contributed by atoms with Crippen LogP contribution in [0, 0.1) is 3.57 Å². The van der Waals surface area contributed by atoms with Crippen molar-refractivity contribution in [1.29, 1.82) is 0 Å². The lowest BCUT2D eigenvalue weighted by atomic mass is 10.3. The average molecular weight is 401 g/mol. The minimum absolute atomic E-state index is 0.0608. The normalized spacial score (nSPS) is 15.7. The maximum Gasteiger partial charge on any atom is 0.234 e. The van der Waals surface area contributed by atoms with Gasteiger partial charge in [0.15, 0.2) is 0 Å². The Morgan fingerprint density at radius 2 is 2.11 bits per heavy atom. The van der Waals surface area contributed by atoms with E-state index < -0.39 is 10.0 Å². The summed E-state index contributed by atoms with van der Waals surface area (Å²) < 4.78 is 27.2. The van der Waals surface area contributed by atoms with Crippen LogP contribution < -0.4 is 10.0 Å². The van der Waals surface area contributed by atoms with Crippen molar-refractivity contribution >= 4 is 49.9 Å². The Bertz CT molecular complexity index is 532. The smallest absolute Gasteiger partial charge is 0.234 e. The molecule has 0 bridgehead atoms. The fourth-order valence-corrected chi connectivity index (χ4v) is 3.18. The van der Waals surface area contributed by atoms with Crippen LogP contribution in [-0.4, -0.2) is 26.8 Å². The van der Waals surface area contributed by atoms with Crippen molar-refractivity contribution in [2.24, 2.45) is 0 Å². The van der Waals surface area contributed by atoms with Gasteiger partial charge in [-0.15, -0.1) is 0 Å². The highest BCUT2D eigenvalue weighted by molar-refractivity contribution is 14.1. The lowest BCUT2D eigenvalue weighted by Crippen LogP contribution is -2.28. The van der Waals surface area contributed by atoms with Gasteiger partial charge in [0.25, 0.3) is 0 Å². The van der Waals surface area contributed by atoms with E-state index in [2.05, 4.69) is 32.6 Å². The van der Waals surface area contributed by atoms with E-state index in [0.717, 1.165) is 16.4 Å². The summed E-state index contributed by atoms with van der Waals surface area (Å²) in [6, 6.07) is 5.75. The van der Waals surface area contributed by atoms with Crippen LogP contribution in [0.4, 0.5) is 5.69 Å². The number of hydrogen-bond acceptors (Lipinski definition) is 3. The molecule has 0 radical (unpaired) electrons. The third-order valence-electron chi connectivity index (χ3n) is 2.58. The number of hydrogen-bond donors (Lipinski definition) is 2. The fourth-order valence-electron chi connectivity index (χ4n) is 1.48. The van der Waals surface area contributed by atoms with Gasteiger partial charge in [0.1, 0.15) is 0 Å². The highest BCUT2D eigenvalue weighted by Gasteiger charge is 2.21. The quantitative estimate of drug-likeness (QED) is 0.721. The van der Waals surface area contributed by atoms with Crippen LogP contribution in [0.3, 0.4) is 0 Å². The average Bonchev–Trinajstić information content (AvgIpc) is 3.07. The molecule has 7 heteroatoms. The number of halogens is 2. The molecule has 0 saturated heterocycles. The molecule has 0 aromatic heterocycles.